The van der Waals surface area contributed by atoms with Gasteiger partial charge in [0.25, 0.3) is 0 Å². The van der Waals surface area contributed by atoms with Crippen LogP contribution in [0, 0.1) is 0 Å². The lowest BCUT2D eigenvalue weighted by atomic mass is 10.1. The fourth-order valence-electron chi connectivity index (χ4n) is 2.00. The van der Waals surface area contributed by atoms with Crippen LogP contribution < -0.4 is 11.5 Å². The molecule has 18 heavy (non-hydrogen) atoms. The fourth-order valence-corrected chi connectivity index (χ4v) is 2.00. The molecule has 5 nitrogen and oxygen atoms in total. The first-order valence-corrected chi connectivity index (χ1v) is 5.68. The summed E-state index contributed by atoms with van der Waals surface area (Å²) in [6.45, 7) is 0.517. The predicted octanol–water partition coefficient (Wildman–Crippen LogP) is 1.44. The quantitative estimate of drug-likeness (QED) is 0.708. The summed E-state index contributed by atoms with van der Waals surface area (Å²) in [5.41, 5.74) is 15.1. The molecule has 0 aliphatic rings. The molecule has 0 amide bonds. The highest BCUT2D eigenvalue weighted by Crippen LogP contribution is 2.21. The zero-order chi connectivity index (χ0) is 12.5. The van der Waals surface area contributed by atoms with Crippen molar-refractivity contribution in [2.75, 3.05) is 5.73 Å². The van der Waals surface area contributed by atoms with Crippen molar-refractivity contribution in [3.8, 4) is 11.3 Å². The van der Waals surface area contributed by atoms with Gasteiger partial charge in [-0.1, -0.05) is 24.3 Å². The van der Waals surface area contributed by atoms with E-state index in [0.717, 1.165) is 22.5 Å². The Bertz CT molecular complexity index is 701. The first kappa shape index (κ1) is 10.7. The van der Waals surface area contributed by atoms with Crippen LogP contribution in [-0.2, 0) is 6.54 Å². The summed E-state index contributed by atoms with van der Waals surface area (Å²) in [5.74, 6) is 0.275. The van der Waals surface area contributed by atoms with Gasteiger partial charge in [0, 0.05) is 12.1 Å². The lowest BCUT2D eigenvalue weighted by Crippen LogP contribution is -1.98. The Balaban J connectivity index is 2.24. The average Bonchev–Trinajstić information content (AvgIpc) is 2.78. The Morgan fingerprint density at radius 2 is 1.94 bits per heavy atom. The Morgan fingerprint density at radius 1 is 1.11 bits per heavy atom. The fraction of sp³-hybridized carbons (Fsp3) is 0.0769. The first-order valence-electron chi connectivity index (χ1n) is 5.68. The third-order valence-corrected chi connectivity index (χ3v) is 2.83. The van der Waals surface area contributed by atoms with Gasteiger partial charge in [-0.05, 0) is 23.8 Å². The van der Waals surface area contributed by atoms with Crippen molar-refractivity contribution in [2.24, 2.45) is 5.73 Å². The molecule has 0 fully saturated rings. The molecule has 0 saturated carbocycles. The molecule has 0 aliphatic carbocycles. The van der Waals surface area contributed by atoms with Gasteiger partial charge in [-0.25, -0.2) is 4.52 Å². The lowest BCUT2D eigenvalue weighted by molar-refractivity contribution is 0.974. The van der Waals surface area contributed by atoms with E-state index < -0.39 is 0 Å². The predicted molar refractivity (Wildman–Crippen MR) is 70.7 cm³/mol. The molecule has 0 spiro atoms. The summed E-state index contributed by atoms with van der Waals surface area (Å²) in [5, 5.41) is 4.20. The number of anilines is 1. The van der Waals surface area contributed by atoms with Crippen LogP contribution >= 0.6 is 0 Å². The topological polar surface area (TPSA) is 82.2 Å². The van der Waals surface area contributed by atoms with Crippen molar-refractivity contribution >= 4 is 11.6 Å². The highest BCUT2D eigenvalue weighted by Gasteiger charge is 2.07. The van der Waals surface area contributed by atoms with E-state index in [1.807, 2.05) is 42.5 Å². The maximum Gasteiger partial charge on any atom is 0.240 e. The molecule has 4 N–H and O–H groups in total. The third-order valence-electron chi connectivity index (χ3n) is 2.83. The van der Waals surface area contributed by atoms with E-state index in [-0.39, 0.29) is 5.95 Å². The molecule has 0 bridgehead atoms. The summed E-state index contributed by atoms with van der Waals surface area (Å²) in [4.78, 5) is 4.15. The summed E-state index contributed by atoms with van der Waals surface area (Å²) in [6.07, 6.45) is 0. The number of rotatable bonds is 2. The first-order chi connectivity index (χ1) is 8.78. The Kier molecular flexibility index (Phi) is 2.46. The Labute approximate surface area is 104 Å². The van der Waals surface area contributed by atoms with Crippen molar-refractivity contribution in [3.05, 3.63) is 48.0 Å². The van der Waals surface area contributed by atoms with Gasteiger partial charge in [0.2, 0.25) is 5.95 Å². The van der Waals surface area contributed by atoms with Gasteiger partial charge in [0.1, 0.15) is 0 Å². The minimum atomic E-state index is 0.275. The number of nitrogen functional groups attached to an aromatic ring is 1. The second kappa shape index (κ2) is 4.12. The van der Waals surface area contributed by atoms with Crippen LogP contribution in [0.5, 0.6) is 0 Å². The van der Waals surface area contributed by atoms with E-state index in [1.165, 1.54) is 0 Å². The van der Waals surface area contributed by atoms with Crippen LogP contribution in [0.25, 0.3) is 16.9 Å². The van der Waals surface area contributed by atoms with Gasteiger partial charge in [-0.15, -0.1) is 5.10 Å². The van der Waals surface area contributed by atoms with E-state index in [0.29, 0.717) is 6.54 Å². The molecular formula is C13H13N5. The molecule has 0 aliphatic heterocycles. The van der Waals surface area contributed by atoms with Crippen molar-refractivity contribution < 1.29 is 0 Å². The third kappa shape index (κ3) is 1.70. The van der Waals surface area contributed by atoms with Crippen LogP contribution in [0.1, 0.15) is 5.56 Å². The maximum absolute atomic E-state index is 5.66. The van der Waals surface area contributed by atoms with Crippen molar-refractivity contribution in [1.82, 2.24) is 14.6 Å². The highest BCUT2D eigenvalue weighted by atomic mass is 15.3. The second-order valence-corrected chi connectivity index (χ2v) is 4.06. The second-order valence-electron chi connectivity index (χ2n) is 4.06. The van der Waals surface area contributed by atoms with E-state index >= 15 is 0 Å². The number of hydrogen-bond donors (Lipinski definition) is 2. The molecule has 0 atom stereocenters. The standard InChI is InChI=1S/C13H13N5/c14-8-9-3-1-4-10(7-9)11-5-2-6-12-16-13(15)17-18(11)12/h1-7H,8,14H2,(H2,15,17). The lowest BCUT2D eigenvalue weighted by Gasteiger charge is -2.05. The zero-order valence-electron chi connectivity index (χ0n) is 9.74. The van der Waals surface area contributed by atoms with Crippen LogP contribution in [-0.4, -0.2) is 14.6 Å². The van der Waals surface area contributed by atoms with Gasteiger partial charge in [0.05, 0.1) is 5.69 Å². The van der Waals surface area contributed by atoms with Gasteiger partial charge in [0.15, 0.2) is 5.65 Å². The molecule has 90 valence electrons. The molecule has 0 unspecified atom stereocenters. The number of benzene rings is 1. The molecule has 1 aromatic carbocycles. The van der Waals surface area contributed by atoms with E-state index in [4.69, 9.17) is 11.5 Å². The largest absolute Gasteiger partial charge is 0.366 e. The average molecular weight is 239 g/mol. The van der Waals surface area contributed by atoms with E-state index in [2.05, 4.69) is 10.1 Å². The van der Waals surface area contributed by atoms with Crippen molar-refractivity contribution in [3.63, 3.8) is 0 Å². The van der Waals surface area contributed by atoms with Crippen molar-refractivity contribution in [1.29, 1.82) is 0 Å². The summed E-state index contributed by atoms with van der Waals surface area (Å²) >= 11 is 0. The Hall–Kier alpha value is -2.40. The van der Waals surface area contributed by atoms with Gasteiger partial charge < -0.3 is 11.5 Å². The van der Waals surface area contributed by atoms with Gasteiger partial charge in [-0.2, -0.15) is 4.98 Å². The molecule has 2 heterocycles. The van der Waals surface area contributed by atoms with Crippen LogP contribution in [0.15, 0.2) is 42.5 Å². The number of fused-ring (bicyclic) bond motifs is 1. The van der Waals surface area contributed by atoms with Gasteiger partial charge >= 0.3 is 0 Å². The molecular weight excluding hydrogens is 226 g/mol. The summed E-state index contributed by atoms with van der Waals surface area (Å²) in [7, 11) is 0. The monoisotopic (exact) mass is 239 g/mol. The maximum atomic E-state index is 5.66. The van der Waals surface area contributed by atoms with Crippen LogP contribution in [0.4, 0.5) is 5.95 Å². The number of hydrogen-bond acceptors (Lipinski definition) is 4. The SMILES string of the molecule is NCc1cccc(-c2cccc3nc(N)nn23)c1. The van der Waals surface area contributed by atoms with Gasteiger partial charge in [-0.3, -0.25) is 0 Å². The number of nitrogens with zero attached hydrogens (tertiary/aromatic N) is 3. The molecule has 3 rings (SSSR count). The normalized spacial score (nSPS) is 10.9. The van der Waals surface area contributed by atoms with Crippen LogP contribution in [0.3, 0.4) is 0 Å². The smallest absolute Gasteiger partial charge is 0.240 e. The molecule has 3 aromatic rings. The number of pyridine rings is 1. The number of nitrogens with two attached hydrogens (primary N) is 2. The van der Waals surface area contributed by atoms with Crippen molar-refractivity contribution in [2.45, 2.75) is 6.54 Å². The zero-order valence-corrected chi connectivity index (χ0v) is 9.74. The minimum absolute atomic E-state index is 0.275. The highest BCUT2D eigenvalue weighted by molar-refractivity contribution is 5.64. The Morgan fingerprint density at radius 3 is 2.78 bits per heavy atom. The van der Waals surface area contributed by atoms with E-state index in [1.54, 1.807) is 4.52 Å². The molecule has 0 radical (unpaired) electrons. The van der Waals surface area contributed by atoms with E-state index in [9.17, 15) is 0 Å². The minimum Gasteiger partial charge on any atom is -0.366 e. The number of aromatic nitrogens is 3. The summed E-state index contributed by atoms with van der Waals surface area (Å²) in [6, 6.07) is 13.8. The van der Waals surface area contributed by atoms with Crippen LogP contribution in [0.2, 0.25) is 0 Å². The summed E-state index contributed by atoms with van der Waals surface area (Å²) < 4.78 is 1.74. The molecule has 2 aromatic heterocycles. The molecule has 5 heteroatoms. The molecule has 0 saturated heterocycles.